The molecule has 0 unspecified atom stereocenters. The van der Waals surface area contributed by atoms with E-state index in [4.69, 9.17) is 4.74 Å². The first kappa shape index (κ1) is 25.2. The quantitative estimate of drug-likeness (QED) is 0.367. The molecule has 0 atom stereocenters. The first-order chi connectivity index (χ1) is 15.7. The van der Waals surface area contributed by atoms with Gasteiger partial charge in [-0.15, -0.1) is 0 Å². The van der Waals surface area contributed by atoms with E-state index in [9.17, 15) is 39.5 Å². The van der Waals surface area contributed by atoms with Crippen molar-refractivity contribution in [3.63, 3.8) is 0 Å². The van der Waals surface area contributed by atoms with Crippen LogP contribution in [0.1, 0.15) is 18.1 Å². The number of rotatable bonds is 6. The average molecular weight is 498 g/mol. The Hall–Kier alpha value is -3.45. The highest BCUT2D eigenvalue weighted by Crippen LogP contribution is 2.39. The van der Waals surface area contributed by atoms with Crippen LogP contribution in [0.5, 0.6) is 5.75 Å². The number of aromatic nitrogens is 2. The molecule has 0 aliphatic heterocycles. The summed E-state index contributed by atoms with van der Waals surface area (Å²) in [4.78, 5) is 7.75. The number of ether oxygens (including phenoxy) is 1. The highest BCUT2D eigenvalue weighted by atomic mass is 19.4. The standard InChI is InChI=1S/C20H15F9N4O/c1-2-34-13-3-4-15-14(8-13)16(33-17(32-15)30-9-18(21,22)23)31-12-6-10(19(24,25)26)5-11(7-12)20(27,28)29/h3-8H,2,9H2,1H3,(H2,30,31,32,33). The Balaban J connectivity index is 2.14. The lowest BCUT2D eigenvalue weighted by atomic mass is 10.1. The average Bonchev–Trinajstić information content (AvgIpc) is 2.71. The second-order valence-electron chi connectivity index (χ2n) is 6.90. The first-order valence-electron chi connectivity index (χ1n) is 9.47. The summed E-state index contributed by atoms with van der Waals surface area (Å²) in [6.07, 6.45) is -14.8. The van der Waals surface area contributed by atoms with Crippen molar-refractivity contribution in [2.75, 3.05) is 23.8 Å². The van der Waals surface area contributed by atoms with Gasteiger partial charge in [0, 0.05) is 11.1 Å². The van der Waals surface area contributed by atoms with Gasteiger partial charge in [0.15, 0.2) is 0 Å². The summed E-state index contributed by atoms with van der Waals surface area (Å²) >= 11 is 0. The smallest absolute Gasteiger partial charge is 0.416 e. The SMILES string of the molecule is CCOc1ccc2nc(NCC(F)(F)F)nc(Nc3cc(C(F)(F)F)cc(C(F)(F)F)c3)c2c1. The number of alkyl halides is 9. The Morgan fingerprint density at radius 3 is 1.97 bits per heavy atom. The van der Waals surface area contributed by atoms with Gasteiger partial charge in [-0.1, -0.05) is 0 Å². The van der Waals surface area contributed by atoms with E-state index < -0.39 is 47.8 Å². The van der Waals surface area contributed by atoms with Crippen LogP contribution >= 0.6 is 0 Å². The van der Waals surface area contributed by atoms with Crippen LogP contribution in [0, 0.1) is 0 Å². The Bertz CT molecular complexity index is 1140. The maximum atomic E-state index is 13.2. The van der Waals surface area contributed by atoms with Crippen LogP contribution < -0.4 is 15.4 Å². The summed E-state index contributed by atoms with van der Waals surface area (Å²) in [5.41, 5.74) is -3.72. The van der Waals surface area contributed by atoms with Crippen molar-refractivity contribution in [3.05, 3.63) is 47.5 Å². The summed E-state index contributed by atoms with van der Waals surface area (Å²) in [5.74, 6) is -0.596. The van der Waals surface area contributed by atoms with Crippen LogP contribution in [-0.2, 0) is 12.4 Å². The molecule has 0 radical (unpaired) electrons. The lowest BCUT2D eigenvalue weighted by molar-refractivity contribution is -0.143. The molecule has 184 valence electrons. The van der Waals surface area contributed by atoms with Crippen molar-refractivity contribution >= 4 is 28.4 Å². The summed E-state index contributed by atoms with van der Waals surface area (Å²) in [5, 5.41) is 4.38. The molecular formula is C20H15F9N4O. The van der Waals surface area contributed by atoms with E-state index in [-0.39, 0.29) is 35.1 Å². The minimum absolute atomic E-state index is 0.0488. The van der Waals surface area contributed by atoms with Gasteiger partial charge in [0.2, 0.25) is 5.95 Å². The van der Waals surface area contributed by atoms with Crippen LogP contribution in [-0.4, -0.2) is 29.3 Å². The molecule has 3 aromatic rings. The fourth-order valence-corrected chi connectivity index (χ4v) is 2.88. The maximum absolute atomic E-state index is 13.2. The highest BCUT2D eigenvalue weighted by Gasteiger charge is 2.37. The Morgan fingerprint density at radius 2 is 1.44 bits per heavy atom. The molecule has 0 aliphatic carbocycles. The molecule has 2 N–H and O–H groups in total. The van der Waals surface area contributed by atoms with Gasteiger partial charge in [-0.25, -0.2) is 4.98 Å². The summed E-state index contributed by atoms with van der Waals surface area (Å²) in [7, 11) is 0. The number of halogens is 9. The van der Waals surface area contributed by atoms with E-state index in [1.165, 1.54) is 18.2 Å². The second-order valence-corrected chi connectivity index (χ2v) is 6.90. The van der Waals surface area contributed by atoms with Gasteiger partial charge < -0.3 is 15.4 Å². The molecule has 34 heavy (non-hydrogen) atoms. The molecule has 0 aliphatic rings. The lowest BCUT2D eigenvalue weighted by Crippen LogP contribution is -2.22. The van der Waals surface area contributed by atoms with E-state index in [1.54, 1.807) is 6.92 Å². The monoisotopic (exact) mass is 498 g/mol. The minimum Gasteiger partial charge on any atom is -0.494 e. The predicted molar refractivity (Wildman–Crippen MR) is 105 cm³/mol. The molecule has 0 saturated heterocycles. The van der Waals surface area contributed by atoms with Crippen molar-refractivity contribution < 1.29 is 44.3 Å². The lowest BCUT2D eigenvalue weighted by Gasteiger charge is -2.17. The van der Waals surface area contributed by atoms with E-state index in [0.29, 0.717) is 12.1 Å². The van der Waals surface area contributed by atoms with Crippen molar-refractivity contribution in [2.24, 2.45) is 0 Å². The maximum Gasteiger partial charge on any atom is 0.416 e. The van der Waals surface area contributed by atoms with Crippen LogP contribution in [0.25, 0.3) is 10.9 Å². The molecule has 0 spiro atoms. The van der Waals surface area contributed by atoms with Crippen LogP contribution in [0.3, 0.4) is 0 Å². The van der Waals surface area contributed by atoms with Crippen molar-refractivity contribution in [1.29, 1.82) is 0 Å². The number of fused-ring (bicyclic) bond motifs is 1. The largest absolute Gasteiger partial charge is 0.494 e. The van der Waals surface area contributed by atoms with E-state index in [0.717, 1.165) is 0 Å². The van der Waals surface area contributed by atoms with Crippen molar-refractivity contribution in [3.8, 4) is 5.75 Å². The molecule has 0 fully saturated rings. The third kappa shape index (κ3) is 6.32. The number of anilines is 3. The van der Waals surface area contributed by atoms with Gasteiger partial charge in [0.1, 0.15) is 18.1 Å². The van der Waals surface area contributed by atoms with Gasteiger partial charge in [-0.3, -0.25) is 0 Å². The molecular weight excluding hydrogens is 483 g/mol. The summed E-state index contributed by atoms with van der Waals surface area (Å²) in [6.45, 7) is 0.394. The van der Waals surface area contributed by atoms with E-state index in [1.807, 2.05) is 5.32 Å². The summed E-state index contributed by atoms with van der Waals surface area (Å²) < 4.78 is 122. The zero-order valence-corrected chi connectivity index (χ0v) is 17.1. The van der Waals surface area contributed by atoms with Gasteiger partial charge in [0.05, 0.1) is 23.3 Å². The third-order valence-electron chi connectivity index (χ3n) is 4.28. The summed E-state index contributed by atoms with van der Waals surface area (Å²) in [6, 6.07) is 4.97. The zero-order chi connectivity index (χ0) is 25.3. The van der Waals surface area contributed by atoms with Crippen molar-refractivity contribution in [2.45, 2.75) is 25.5 Å². The van der Waals surface area contributed by atoms with Gasteiger partial charge >= 0.3 is 18.5 Å². The molecule has 2 aromatic carbocycles. The normalized spacial score (nSPS) is 12.6. The predicted octanol–water partition coefficient (Wildman–Crippen LogP) is 6.78. The zero-order valence-electron chi connectivity index (χ0n) is 17.1. The van der Waals surface area contributed by atoms with Crippen LogP contribution in [0.15, 0.2) is 36.4 Å². The van der Waals surface area contributed by atoms with E-state index >= 15 is 0 Å². The number of hydrogen-bond acceptors (Lipinski definition) is 5. The molecule has 0 bridgehead atoms. The molecule has 0 saturated carbocycles. The van der Waals surface area contributed by atoms with Gasteiger partial charge in [-0.05, 0) is 43.3 Å². The fraction of sp³-hybridized carbons (Fsp3) is 0.300. The molecule has 3 rings (SSSR count). The van der Waals surface area contributed by atoms with Gasteiger partial charge in [0.25, 0.3) is 0 Å². The topological polar surface area (TPSA) is 59.1 Å². The number of nitrogens with one attached hydrogen (secondary N) is 2. The fourth-order valence-electron chi connectivity index (χ4n) is 2.88. The molecule has 0 amide bonds. The molecule has 1 aromatic heterocycles. The first-order valence-corrected chi connectivity index (χ1v) is 9.47. The van der Waals surface area contributed by atoms with Gasteiger partial charge in [-0.2, -0.15) is 44.5 Å². The Morgan fingerprint density at radius 1 is 0.824 bits per heavy atom. The molecule has 1 heterocycles. The third-order valence-corrected chi connectivity index (χ3v) is 4.28. The number of hydrogen-bond donors (Lipinski definition) is 2. The number of nitrogens with zero attached hydrogens (tertiary/aromatic N) is 2. The minimum atomic E-state index is -5.09. The van der Waals surface area contributed by atoms with Crippen LogP contribution in [0.2, 0.25) is 0 Å². The Kier molecular flexibility index (Phi) is 6.71. The van der Waals surface area contributed by atoms with E-state index in [2.05, 4.69) is 15.3 Å². The second kappa shape index (κ2) is 9.06. The highest BCUT2D eigenvalue weighted by molar-refractivity contribution is 5.92. The molecule has 5 nitrogen and oxygen atoms in total. The number of benzene rings is 2. The van der Waals surface area contributed by atoms with Crippen molar-refractivity contribution in [1.82, 2.24) is 9.97 Å². The van der Waals surface area contributed by atoms with Crippen LogP contribution in [0.4, 0.5) is 57.0 Å². The molecule has 14 heteroatoms. The Labute approximate surface area is 186 Å².